The zero-order valence-corrected chi connectivity index (χ0v) is 13.1. The van der Waals surface area contributed by atoms with Crippen LogP contribution in [0.3, 0.4) is 0 Å². The molecule has 1 N–H and O–H groups in total. The van der Waals surface area contributed by atoms with E-state index in [9.17, 15) is 5.11 Å². The van der Waals surface area contributed by atoms with Crippen molar-refractivity contribution in [1.29, 1.82) is 0 Å². The molecule has 0 spiro atoms. The van der Waals surface area contributed by atoms with Gasteiger partial charge in [-0.05, 0) is 38.0 Å². The molecular formula is C16H24O5. The molecule has 0 radical (unpaired) electrons. The smallest absolute Gasteiger partial charge is 0.188 e. The lowest BCUT2D eigenvalue weighted by Gasteiger charge is -2.17. The molecule has 0 saturated heterocycles. The van der Waals surface area contributed by atoms with Gasteiger partial charge in [0.2, 0.25) is 0 Å². The van der Waals surface area contributed by atoms with E-state index >= 15 is 0 Å². The van der Waals surface area contributed by atoms with Gasteiger partial charge in [0.25, 0.3) is 0 Å². The maximum Gasteiger partial charge on any atom is 0.188 e. The van der Waals surface area contributed by atoms with Crippen molar-refractivity contribution in [1.82, 2.24) is 0 Å². The van der Waals surface area contributed by atoms with Gasteiger partial charge in [-0.2, -0.15) is 0 Å². The Morgan fingerprint density at radius 2 is 1.76 bits per heavy atom. The monoisotopic (exact) mass is 296 g/mol. The minimum absolute atomic E-state index is 0.0598. The highest BCUT2D eigenvalue weighted by atomic mass is 16.7. The third-order valence-corrected chi connectivity index (χ3v) is 2.76. The summed E-state index contributed by atoms with van der Waals surface area (Å²) in [6.07, 6.45) is 2.79. The van der Waals surface area contributed by atoms with Gasteiger partial charge in [-0.15, -0.1) is 0 Å². The molecule has 0 aliphatic carbocycles. The topological polar surface area (TPSA) is 57.2 Å². The quantitative estimate of drug-likeness (QED) is 0.561. The Bertz CT molecular complexity index is 464. The number of ether oxygens (including phenoxy) is 4. The number of rotatable bonds is 9. The second-order valence-corrected chi connectivity index (χ2v) is 4.83. The van der Waals surface area contributed by atoms with E-state index in [1.807, 2.05) is 19.9 Å². The highest BCUT2D eigenvalue weighted by Gasteiger charge is 2.13. The predicted molar refractivity (Wildman–Crippen MR) is 80.5 cm³/mol. The summed E-state index contributed by atoms with van der Waals surface area (Å²) >= 11 is 0. The Kier molecular flexibility index (Phi) is 7.82. The van der Waals surface area contributed by atoms with Gasteiger partial charge in [-0.1, -0.05) is 11.6 Å². The Hall–Kier alpha value is -1.56. The summed E-state index contributed by atoms with van der Waals surface area (Å²) in [5, 5.41) is 9.39. The molecule has 0 aliphatic rings. The van der Waals surface area contributed by atoms with Crippen molar-refractivity contribution in [2.24, 2.45) is 0 Å². The van der Waals surface area contributed by atoms with Crippen LogP contribution in [0.15, 0.2) is 23.8 Å². The highest BCUT2D eigenvalue weighted by molar-refractivity contribution is 5.50. The Morgan fingerprint density at radius 3 is 2.33 bits per heavy atom. The van der Waals surface area contributed by atoms with E-state index < -0.39 is 0 Å². The van der Waals surface area contributed by atoms with Crippen LogP contribution in [0.2, 0.25) is 0 Å². The summed E-state index contributed by atoms with van der Waals surface area (Å²) in [5.74, 6) is 1.15. The van der Waals surface area contributed by atoms with Crippen LogP contribution in [-0.4, -0.2) is 32.9 Å². The number of hydrogen-bond donors (Lipinski definition) is 1. The molecule has 5 heteroatoms. The van der Waals surface area contributed by atoms with Gasteiger partial charge in [0.05, 0.1) is 6.61 Å². The van der Waals surface area contributed by atoms with Crippen LogP contribution in [0.1, 0.15) is 25.0 Å². The van der Waals surface area contributed by atoms with E-state index in [1.54, 1.807) is 20.3 Å². The highest BCUT2D eigenvalue weighted by Crippen LogP contribution is 2.34. The average Bonchev–Trinajstić information content (AvgIpc) is 2.48. The lowest BCUT2D eigenvalue weighted by Crippen LogP contribution is -2.07. The summed E-state index contributed by atoms with van der Waals surface area (Å²) < 4.78 is 21.1. The molecule has 0 atom stereocenters. The van der Waals surface area contributed by atoms with Crippen LogP contribution < -0.4 is 9.47 Å². The van der Waals surface area contributed by atoms with Gasteiger partial charge in [0.15, 0.2) is 25.1 Å². The fraction of sp³-hybridized carbons (Fsp3) is 0.500. The molecule has 0 aliphatic heterocycles. The molecule has 5 nitrogen and oxygen atoms in total. The number of allylic oxidation sites excluding steroid dienone is 2. The van der Waals surface area contributed by atoms with Crippen molar-refractivity contribution in [2.45, 2.75) is 26.9 Å². The second kappa shape index (κ2) is 9.39. The third-order valence-electron chi connectivity index (χ3n) is 2.76. The SMILES string of the molecule is COCOc1cc(CO)cc(CC=C(C)C)c1OCOC. The van der Waals surface area contributed by atoms with Gasteiger partial charge in [-0.25, -0.2) is 0 Å². The summed E-state index contributed by atoms with van der Waals surface area (Å²) in [6, 6.07) is 3.65. The molecule has 0 amide bonds. The molecule has 21 heavy (non-hydrogen) atoms. The maximum atomic E-state index is 9.39. The number of benzene rings is 1. The van der Waals surface area contributed by atoms with E-state index in [4.69, 9.17) is 18.9 Å². The van der Waals surface area contributed by atoms with Crippen molar-refractivity contribution in [2.75, 3.05) is 27.8 Å². The average molecular weight is 296 g/mol. The van der Waals surface area contributed by atoms with Crippen LogP contribution in [0.4, 0.5) is 0 Å². The standard InChI is InChI=1S/C16H24O5/c1-12(2)5-6-14-7-13(9-17)8-15(20-10-18-3)16(14)21-11-19-4/h5,7-8,17H,6,9-11H2,1-4H3. The van der Waals surface area contributed by atoms with Gasteiger partial charge >= 0.3 is 0 Å². The van der Waals surface area contributed by atoms with E-state index in [1.165, 1.54) is 5.57 Å². The number of aliphatic hydroxyl groups is 1. The minimum atomic E-state index is -0.0598. The largest absolute Gasteiger partial charge is 0.464 e. The van der Waals surface area contributed by atoms with E-state index in [-0.39, 0.29) is 20.2 Å². The van der Waals surface area contributed by atoms with Gasteiger partial charge in [-0.3, -0.25) is 0 Å². The van der Waals surface area contributed by atoms with E-state index in [0.29, 0.717) is 17.9 Å². The number of aliphatic hydroxyl groups excluding tert-OH is 1. The van der Waals surface area contributed by atoms with E-state index in [2.05, 4.69) is 6.08 Å². The molecule has 0 fully saturated rings. The van der Waals surface area contributed by atoms with Crippen LogP contribution in [0, 0.1) is 0 Å². The Labute approximate surface area is 126 Å². The molecule has 0 aromatic heterocycles. The molecule has 0 saturated carbocycles. The first kappa shape index (κ1) is 17.5. The third kappa shape index (κ3) is 5.75. The van der Waals surface area contributed by atoms with Crippen molar-refractivity contribution >= 4 is 0 Å². The zero-order valence-electron chi connectivity index (χ0n) is 13.1. The second-order valence-electron chi connectivity index (χ2n) is 4.83. The van der Waals surface area contributed by atoms with E-state index in [0.717, 1.165) is 11.1 Å². The predicted octanol–water partition coefficient (Wildman–Crippen LogP) is 2.65. The molecular weight excluding hydrogens is 272 g/mol. The van der Waals surface area contributed by atoms with Crippen LogP contribution in [0.5, 0.6) is 11.5 Å². The molecule has 1 aromatic rings. The minimum Gasteiger partial charge on any atom is -0.464 e. The summed E-state index contributed by atoms with van der Waals surface area (Å²) in [7, 11) is 3.11. The van der Waals surface area contributed by atoms with Crippen molar-refractivity contribution in [3.05, 3.63) is 34.9 Å². The van der Waals surface area contributed by atoms with Crippen LogP contribution in [-0.2, 0) is 22.5 Å². The fourth-order valence-corrected chi connectivity index (χ4v) is 1.79. The summed E-state index contributed by atoms with van der Waals surface area (Å²) in [6.45, 7) is 4.25. The first-order valence-electron chi connectivity index (χ1n) is 6.75. The first-order valence-corrected chi connectivity index (χ1v) is 6.75. The first-order chi connectivity index (χ1) is 10.1. The maximum absolute atomic E-state index is 9.39. The van der Waals surface area contributed by atoms with Gasteiger partial charge < -0.3 is 24.1 Å². The Morgan fingerprint density at radius 1 is 1.10 bits per heavy atom. The van der Waals surface area contributed by atoms with Gasteiger partial charge in [0.1, 0.15) is 0 Å². The fourth-order valence-electron chi connectivity index (χ4n) is 1.79. The molecule has 1 rings (SSSR count). The lowest BCUT2D eigenvalue weighted by molar-refractivity contribution is 0.0316. The molecule has 1 aromatic carbocycles. The molecule has 0 heterocycles. The molecule has 0 unspecified atom stereocenters. The van der Waals surface area contributed by atoms with Crippen LogP contribution in [0.25, 0.3) is 0 Å². The molecule has 0 bridgehead atoms. The Balaban J connectivity index is 3.17. The number of methoxy groups -OCH3 is 2. The van der Waals surface area contributed by atoms with Crippen molar-refractivity contribution in [3.8, 4) is 11.5 Å². The van der Waals surface area contributed by atoms with Gasteiger partial charge in [0, 0.05) is 19.8 Å². The molecule has 118 valence electrons. The normalized spacial score (nSPS) is 10.3. The number of hydrogen-bond acceptors (Lipinski definition) is 5. The zero-order chi connectivity index (χ0) is 15.7. The van der Waals surface area contributed by atoms with Crippen molar-refractivity contribution in [3.63, 3.8) is 0 Å². The summed E-state index contributed by atoms with van der Waals surface area (Å²) in [5.41, 5.74) is 2.91. The summed E-state index contributed by atoms with van der Waals surface area (Å²) in [4.78, 5) is 0. The van der Waals surface area contributed by atoms with Crippen molar-refractivity contribution < 1.29 is 24.1 Å². The lowest BCUT2D eigenvalue weighted by atomic mass is 10.0. The van der Waals surface area contributed by atoms with Crippen LogP contribution >= 0.6 is 0 Å².